The summed E-state index contributed by atoms with van der Waals surface area (Å²) in [5.41, 5.74) is 0.132. The van der Waals surface area contributed by atoms with E-state index in [1.54, 1.807) is 6.92 Å². The normalized spacial score (nSPS) is 10.0. The van der Waals surface area contributed by atoms with Gasteiger partial charge in [-0.3, -0.25) is 4.79 Å². The van der Waals surface area contributed by atoms with Crippen LogP contribution in [0.2, 0.25) is 10.0 Å². The SMILES string of the molecule is CCOC(=O)C(=O)c1cc(Cl)c(Cl)cc1Br. The van der Waals surface area contributed by atoms with E-state index < -0.39 is 11.8 Å². The summed E-state index contributed by atoms with van der Waals surface area (Å²) >= 11 is 14.6. The van der Waals surface area contributed by atoms with Gasteiger partial charge in [0.25, 0.3) is 5.78 Å². The summed E-state index contributed by atoms with van der Waals surface area (Å²) in [6, 6.07) is 2.78. The number of hydrogen-bond acceptors (Lipinski definition) is 3. The van der Waals surface area contributed by atoms with Crippen LogP contribution in [0.3, 0.4) is 0 Å². The van der Waals surface area contributed by atoms with E-state index >= 15 is 0 Å². The highest BCUT2D eigenvalue weighted by Crippen LogP contribution is 2.29. The minimum Gasteiger partial charge on any atom is -0.460 e. The minimum absolute atomic E-state index is 0.132. The summed E-state index contributed by atoms with van der Waals surface area (Å²) in [6.45, 7) is 1.76. The fourth-order valence-corrected chi connectivity index (χ4v) is 1.99. The van der Waals surface area contributed by atoms with Crippen molar-refractivity contribution in [2.75, 3.05) is 6.61 Å². The molecule has 0 fully saturated rings. The Hall–Kier alpha value is -0.580. The number of ketones is 1. The topological polar surface area (TPSA) is 43.4 Å². The van der Waals surface area contributed by atoms with Crippen molar-refractivity contribution < 1.29 is 14.3 Å². The molecule has 0 radical (unpaired) electrons. The molecule has 0 amide bonds. The third-order valence-corrected chi connectivity index (χ3v) is 3.09. The lowest BCUT2D eigenvalue weighted by atomic mass is 10.1. The van der Waals surface area contributed by atoms with Crippen molar-refractivity contribution in [3.05, 3.63) is 32.2 Å². The van der Waals surface area contributed by atoms with Gasteiger partial charge >= 0.3 is 5.97 Å². The van der Waals surface area contributed by atoms with Gasteiger partial charge in [-0.25, -0.2) is 4.79 Å². The largest absolute Gasteiger partial charge is 0.460 e. The molecule has 0 aromatic heterocycles. The number of carbonyl (C=O) groups is 2. The molecule has 0 unspecified atom stereocenters. The molecule has 0 saturated carbocycles. The van der Waals surface area contributed by atoms with Gasteiger partial charge in [0.2, 0.25) is 0 Å². The zero-order valence-corrected chi connectivity index (χ0v) is 11.3. The number of hydrogen-bond donors (Lipinski definition) is 0. The second-order valence-corrected chi connectivity index (χ2v) is 4.46. The molecule has 0 aliphatic heterocycles. The van der Waals surface area contributed by atoms with Crippen LogP contribution >= 0.6 is 39.1 Å². The molecule has 0 spiro atoms. The Morgan fingerprint density at radius 3 is 2.44 bits per heavy atom. The van der Waals surface area contributed by atoms with E-state index in [2.05, 4.69) is 20.7 Å². The first kappa shape index (κ1) is 13.5. The second-order valence-electron chi connectivity index (χ2n) is 2.80. The van der Waals surface area contributed by atoms with Gasteiger partial charge in [0.15, 0.2) is 0 Å². The Bertz CT molecular complexity index is 446. The van der Waals surface area contributed by atoms with Crippen LogP contribution in [0, 0.1) is 0 Å². The highest BCUT2D eigenvalue weighted by molar-refractivity contribution is 9.10. The highest BCUT2D eigenvalue weighted by atomic mass is 79.9. The van der Waals surface area contributed by atoms with Crippen molar-refractivity contribution in [2.24, 2.45) is 0 Å². The number of benzene rings is 1. The predicted octanol–water partition coefficient (Wildman–Crippen LogP) is 3.50. The van der Waals surface area contributed by atoms with E-state index in [1.165, 1.54) is 12.1 Å². The summed E-state index contributed by atoms with van der Waals surface area (Å²) in [7, 11) is 0. The van der Waals surface area contributed by atoms with Crippen LogP contribution in [0.15, 0.2) is 16.6 Å². The van der Waals surface area contributed by atoms with Gasteiger partial charge in [-0.2, -0.15) is 0 Å². The van der Waals surface area contributed by atoms with Crippen LogP contribution in [0.5, 0.6) is 0 Å². The first-order chi connectivity index (χ1) is 7.47. The number of rotatable bonds is 3. The summed E-state index contributed by atoms with van der Waals surface area (Å²) in [5, 5.41) is 0.506. The number of ether oxygens (including phenoxy) is 1. The molecule has 3 nitrogen and oxygen atoms in total. The van der Waals surface area contributed by atoms with Crippen molar-refractivity contribution in [3.63, 3.8) is 0 Å². The molecule has 0 aliphatic carbocycles. The molecule has 0 saturated heterocycles. The highest BCUT2D eigenvalue weighted by Gasteiger charge is 2.21. The van der Waals surface area contributed by atoms with Gasteiger partial charge in [-0.1, -0.05) is 23.2 Å². The molecule has 0 N–H and O–H groups in total. The second kappa shape index (κ2) is 5.66. The Kier molecular flexibility index (Phi) is 4.77. The van der Waals surface area contributed by atoms with E-state index in [4.69, 9.17) is 23.2 Å². The molecule has 0 bridgehead atoms. The van der Waals surface area contributed by atoms with Gasteiger partial charge in [-0.05, 0) is 35.0 Å². The van der Waals surface area contributed by atoms with Crippen LogP contribution in [0.4, 0.5) is 0 Å². The third kappa shape index (κ3) is 2.97. The molecule has 6 heteroatoms. The summed E-state index contributed by atoms with van der Waals surface area (Å²) in [6.07, 6.45) is 0. The van der Waals surface area contributed by atoms with E-state index in [9.17, 15) is 9.59 Å². The number of Topliss-reactive ketones (excluding diaryl/α,β-unsaturated/α-hetero) is 1. The van der Waals surface area contributed by atoms with Crippen LogP contribution in [-0.4, -0.2) is 18.4 Å². The molecule has 0 atom stereocenters. The van der Waals surface area contributed by atoms with Crippen molar-refractivity contribution in [3.8, 4) is 0 Å². The third-order valence-electron chi connectivity index (χ3n) is 1.72. The Morgan fingerprint density at radius 2 is 1.88 bits per heavy atom. The van der Waals surface area contributed by atoms with Crippen molar-refractivity contribution >= 4 is 50.9 Å². The van der Waals surface area contributed by atoms with Crippen LogP contribution in [0.25, 0.3) is 0 Å². The Labute approximate surface area is 111 Å². The standard InChI is InChI=1S/C10H7BrCl2O3/c1-2-16-10(15)9(14)5-3-7(12)8(13)4-6(5)11/h3-4H,2H2,1H3. The van der Waals surface area contributed by atoms with Gasteiger partial charge in [-0.15, -0.1) is 0 Å². The van der Waals surface area contributed by atoms with Crippen LogP contribution in [-0.2, 0) is 9.53 Å². The molecular weight excluding hydrogens is 319 g/mol. The van der Waals surface area contributed by atoms with Crippen molar-refractivity contribution in [2.45, 2.75) is 6.92 Å². The van der Waals surface area contributed by atoms with Gasteiger partial charge in [0.05, 0.1) is 16.7 Å². The molecular formula is C10H7BrCl2O3. The Balaban J connectivity index is 3.09. The van der Waals surface area contributed by atoms with Crippen molar-refractivity contribution in [1.29, 1.82) is 0 Å². The first-order valence-corrected chi connectivity index (χ1v) is 5.88. The van der Waals surface area contributed by atoms with Crippen LogP contribution in [0.1, 0.15) is 17.3 Å². The number of carbonyl (C=O) groups excluding carboxylic acids is 2. The van der Waals surface area contributed by atoms with Gasteiger partial charge < -0.3 is 4.74 Å². The average molecular weight is 326 g/mol. The van der Waals surface area contributed by atoms with Crippen molar-refractivity contribution in [1.82, 2.24) is 0 Å². The van der Waals surface area contributed by atoms with E-state index in [0.29, 0.717) is 9.50 Å². The fraction of sp³-hybridized carbons (Fsp3) is 0.200. The lowest BCUT2D eigenvalue weighted by molar-refractivity contribution is -0.137. The number of esters is 1. The summed E-state index contributed by atoms with van der Waals surface area (Å²) in [4.78, 5) is 22.8. The molecule has 16 heavy (non-hydrogen) atoms. The quantitative estimate of drug-likeness (QED) is 0.370. The molecule has 0 aliphatic rings. The first-order valence-electron chi connectivity index (χ1n) is 4.33. The summed E-state index contributed by atoms with van der Waals surface area (Å²) in [5.74, 6) is -1.67. The molecule has 1 aromatic rings. The van der Waals surface area contributed by atoms with E-state index in [0.717, 1.165) is 0 Å². The smallest absolute Gasteiger partial charge is 0.379 e. The maximum absolute atomic E-state index is 11.6. The average Bonchev–Trinajstić information content (AvgIpc) is 2.23. The maximum atomic E-state index is 11.6. The van der Waals surface area contributed by atoms with E-state index in [1.807, 2.05) is 0 Å². The monoisotopic (exact) mass is 324 g/mol. The maximum Gasteiger partial charge on any atom is 0.379 e. The molecule has 1 rings (SSSR count). The lowest BCUT2D eigenvalue weighted by Gasteiger charge is -2.05. The van der Waals surface area contributed by atoms with Crippen LogP contribution < -0.4 is 0 Å². The summed E-state index contributed by atoms with van der Waals surface area (Å²) < 4.78 is 5.00. The van der Waals surface area contributed by atoms with E-state index in [-0.39, 0.29) is 17.2 Å². The molecule has 0 heterocycles. The fourth-order valence-electron chi connectivity index (χ4n) is 1.00. The zero-order valence-electron chi connectivity index (χ0n) is 8.22. The Morgan fingerprint density at radius 1 is 1.31 bits per heavy atom. The predicted molar refractivity (Wildman–Crippen MR) is 65.1 cm³/mol. The number of halogens is 3. The molecule has 1 aromatic carbocycles. The lowest BCUT2D eigenvalue weighted by Crippen LogP contribution is -2.18. The zero-order chi connectivity index (χ0) is 12.3. The van der Waals surface area contributed by atoms with Gasteiger partial charge in [0.1, 0.15) is 0 Å². The molecule has 86 valence electrons. The minimum atomic E-state index is -0.915. The van der Waals surface area contributed by atoms with Gasteiger partial charge in [0, 0.05) is 10.0 Å².